The van der Waals surface area contributed by atoms with Gasteiger partial charge in [-0.1, -0.05) is 142 Å². The van der Waals surface area contributed by atoms with E-state index in [-0.39, 0.29) is 19.8 Å². The molecule has 0 radical (unpaired) electrons. The average Bonchev–Trinajstić information content (AvgIpc) is 3.44. The summed E-state index contributed by atoms with van der Waals surface area (Å²) < 4.78 is 45.2. The van der Waals surface area contributed by atoms with Gasteiger partial charge in [0.25, 0.3) is 8.32 Å². The number of benzene rings is 4. The normalized spacial score (nSPS) is 20.5. The molecule has 11 heteroatoms. The van der Waals surface area contributed by atoms with Gasteiger partial charge in [0.05, 0.1) is 19.8 Å². The van der Waals surface area contributed by atoms with Crippen LogP contribution in [0.25, 0.3) is 0 Å². The van der Waals surface area contributed by atoms with Crippen LogP contribution in [0, 0.1) is 0 Å². The summed E-state index contributed by atoms with van der Waals surface area (Å²) in [5.41, 5.74) is -0.0378. The van der Waals surface area contributed by atoms with E-state index in [4.69, 9.17) is 32.8 Å². The Balaban J connectivity index is 1.72. The first-order chi connectivity index (χ1) is 25.9. The van der Waals surface area contributed by atoms with Crippen molar-refractivity contribution in [3.05, 3.63) is 132 Å². The predicted octanol–water partition coefficient (Wildman–Crippen LogP) is 5.89. The van der Waals surface area contributed by atoms with Crippen LogP contribution in [0.4, 0.5) is 0 Å². The maximum Gasteiger partial charge on any atom is 0.305 e. The SMILES string of the molecule is CC(=O)OC[C@@H](OC(C)=O)[C@]1(CO[Si](c2ccccc2)(c2ccccc2)C(C)(C)C)OC(OC(C)=O)[C@H](OCc2ccccc2)[C@H]1OCc1ccccc1. The Morgan fingerprint density at radius 3 is 1.61 bits per heavy atom. The second kappa shape index (κ2) is 18.1. The summed E-state index contributed by atoms with van der Waals surface area (Å²) >= 11 is 0. The van der Waals surface area contributed by atoms with Gasteiger partial charge in [-0.05, 0) is 26.5 Å². The summed E-state index contributed by atoms with van der Waals surface area (Å²) in [6, 6.07) is 39.2. The zero-order valence-corrected chi connectivity index (χ0v) is 32.8. The van der Waals surface area contributed by atoms with Gasteiger partial charge in [0.2, 0.25) is 6.29 Å². The molecule has 1 aliphatic heterocycles. The van der Waals surface area contributed by atoms with Gasteiger partial charge in [-0.3, -0.25) is 14.4 Å². The zero-order valence-electron chi connectivity index (χ0n) is 31.8. The molecule has 1 fully saturated rings. The highest BCUT2D eigenvalue weighted by molar-refractivity contribution is 6.99. The molecule has 0 aromatic heterocycles. The Kier molecular flexibility index (Phi) is 13.6. The topological polar surface area (TPSA) is 116 Å². The van der Waals surface area contributed by atoms with Crippen molar-refractivity contribution >= 4 is 36.6 Å². The molecule has 4 aromatic carbocycles. The van der Waals surface area contributed by atoms with E-state index in [1.165, 1.54) is 20.8 Å². The molecule has 0 spiro atoms. The molecule has 54 heavy (non-hydrogen) atoms. The molecule has 1 unspecified atom stereocenters. The van der Waals surface area contributed by atoms with Gasteiger partial charge in [-0.25, -0.2) is 0 Å². The molecule has 0 saturated carbocycles. The molecule has 5 rings (SSSR count). The molecule has 4 aromatic rings. The number of rotatable bonds is 16. The Hall–Kier alpha value is -4.65. The van der Waals surface area contributed by atoms with Crippen LogP contribution in [0.1, 0.15) is 52.7 Å². The van der Waals surface area contributed by atoms with E-state index in [0.29, 0.717) is 0 Å². The molecule has 1 heterocycles. The second-order valence-electron chi connectivity index (χ2n) is 14.4. The molecular formula is C43H50O10Si. The van der Waals surface area contributed by atoms with E-state index in [1.54, 1.807) is 0 Å². The van der Waals surface area contributed by atoms with Gasteiger partial charge >= 0.3 is 17.9 Å². The van der Waals surface area contributed by atoms with Crippen LogP contribution in [0.5, 0.6) is 0 Å². The Morgan fingerprint density at radius 1 is 0.685 bits per heavy atom. The van der Waals surface area contributed by atoms with Gasteiger partial charge < -0.3 is 32.8 Å². The first-order valence-corrected chi connectivity index (χ1v) is 20.0. The number of carbonyl (C=O) groups excluding carboxylic acids is 3. The predicted molar refractivity (Wildman–Crippen MR) is 205 cm³/mol. The minimum Gasteiger partial charge on any atom is -0.462 e. The molecular weight excluding hydrogens is 705 g/mol. The summed E-state index contributed by atoms with van der Waals surface area (Å²) in [4.78, 5) is 38.0. The highest BCUT2D eigenvalue weighted by Crippen LogP contribution is 2.44. The van der Waals surface area contributed by atoms with Crippen molar-refractivity contribution in [2.24, 2.45) is 0 Å². The van der Waals surface area contributed by atoms with Crippen LogP contribution in [-0.2, 0) is 60.4 Å². The summed E-state index contributed by atoms with van der Waals surface area (Å²) in [5.74, 6) is -1.87. The summed E-state index contributed by atoms with van der Waals surface area (Å²) in [7, 11) is -3.29. The quantitative estimate of drug-likeness (QED) is 0.0780. The lowest BCUT2D eigenvalue weighted by atomic mass is 9.89. The molecule has 10 nitrogen and oxygen atoms in total. The number of hydrogen-bond acceptors (Lipinski definition) is 10. The van der Waals surface area contributed by atoms with Gasteiger partial charge in [-0.2, -0.15) is 0 Å². The highest BCUT2D eigenvalue weighted by atomic mass is 28.4. The van der Waals surface area contributed by atoms with E-state index in [0.717, 1.165) is 21.5 Å². The lowest BCUT2D eigenvalue weighted by molar-refractivity contribution is -0.239. The number of esters is 3. The van der Waals surface area contributed by atoms with Crippen LogP contribution < -0.4 is 10.4 Å². The average molecular weight is 755 g/mol. The maximum absolute atomic E-state index is 12.9. The zero-order chi connectivity index (χ0) is 38.8. The van der Waals surface area contributed by atoms with Crippen molar-refractivity contribution < 1.29 is 47.2 Å². The molecule has 0 N–H and O–H groups in total. The number of hydrogen-bond donors (Lipinski definition) is 0. The summed E-state index contributed by atoms with van der Waals surface area (Å²) in [6.07, 6.45) is -4.76. The van der Waals surface area contributed by atoms with Crippen molar-refractivity contribution in [1.29, 1.82) is 0 Å². The third-order valence-electron chi connectivity index (χ3n) is 9.45. The fourth-order valence-corrected chi connectivity index (χ4v) is 11.7. The molecule has 0 amide bonds. The lowest BCUT2D eigenvalue weighted by Gasteiger charge is -2.47. The number of ether oxygens (including phenoxy) is 6. The van der Waals surface area contributed by atoms with Crippen LogP contribution in [-0.4, -0.2) is 69.6 Å². The first-order valence-electron chi connectivity index (χ1n) is 18.1. The smallest absolute Gasteiger partial charge is 0.305 e. The van der Waals surface area contributed by atoms with Crippen molar-refractivity contribution in [2.75, 3.05) is 13.2 Å². The second-order valence-corrected chi connectivity index (χ2v) is 18.7. The maximum atomic E-state index is 12.9. The van der Waals surface area contributed by atoms with Crippen LogP contribution >= 0.6 is 0 Å². The monoisotopic (exact) mass is 754 g/mol. The van der Waals surface area contributed by atoms with Crippen molar-refractivity contribution in [2.45, 2.75) is 90.0 Å². The van der Waals surface area contributed by atoms with Crippen LogP contribution in [0.2, 0.25) is 5.04 Å². The van der Waals surface area contributed by atoms with Crippen molar-refractivity contribution in [1.82, 2.24) is 0 Å². The minimum atomic E-state index is -3.29. The molecule has 0 aliphatic carbocycles. The standard InChI is InChI=1S/C43H50O10Si/c1-31(44)47-29-38(51-32(2)45)43(30-50-54(42(4,5)6,36-23-15-9-16-24-36)37-25-17-10-18-26-37)40(49-28-35-21-13-8-14-22-35)39(41(53-43)52-33(3)46)48-27-34-19-11-7-12-20-34/h7-26,38-41H,27-30H2,1-6H3/t38-,39-,40-,41?,43+/m1/s1. The van der Waals surface area contributed by atoms with Gasteiger partial charge in [0.15, 0.2) is 11.7 Å². The Labute approximate surface area is 318 Å². The molecule has 0 bridgehead atoms. The molecule has 286 valence electrons. The van der Waals surface area contributed by atoms with Crippen LogP contribution in [0.3, 0.4) is 0 Å². The van der Waals surface area contributed by atoms with Gasteiger partial charge in [-0.15, -0.1) is 0 Å². The Morgan fingerprint density at radius 2 is 1.17 bits per heavy atom. The van der Waals surface area contributed by atoms with E-state index < -0.39 is 68.1 Å². The van der Waals surface area contributed by atoms with E-state index in [1.807, 2.05) is 97.1 Å². The van der Waals surface area contributed by atoms with E-state index in [9.17, 15) is 14.4 Å². The fraction of sp³-hybridized carbons (Fsp3) is 0.372. The molecule has 5 atom stereocenters. The number of carbonyl (C=O) groups is 3. The minimum absolute atomic E-state index is 0.0914. The first kappa shape index (κ1) is 40.5. The highest BCUT2D eigenvalue weighted by Gasteiger charge is 2.65. The Bertz CT molecular complexity index is 1760. The third-order valence-corrected chi connectivity index (χ3v) is 14.4. The van der Waals surface area contributed by atoms with Crippen molar-refractivity contribution in [3.8, 4) is 0 Å². The van der Waals surface area contributed by atoms with Gasteiger partial charge in [0, 0.05) is 20.8 Å². The summed E-state index contributed by atoms with van der Waals surface area (Å²) in [6.45, 7) is 9.80. The largest absolute Gasteiger partial charge is 0.462 e. The summed E-state index contributed by atoms with van der Waals surface area (Å²) in [5, 5.41) is 1.54. The van der Waals surface area contributed by atoms with Crippen molar-refractivity contribution in [3.63, 3.8) is 0 Å². The fourth-order valence-electron chi connectivity index (χ4n) is 7.07. The van der Waals surface area contributed by atoms with E-state index in [2.05, 4.69) is 45.0 Å². The van der Waals surface area contributed by atoms with E-state index >= 15 is 0 Å². The molecule has 1 saturated heterocycles. The van der Waals surface area contributed by atoms with Crippen LogP contribution in [0.15, 0.2) is 121 Å². The lowest BCUT2D eigenvalue weighted by Crippen LogP contribution is -2.69. The third kappa shape index (κ3) is 9.52. The van der Waals surface area contributed by atoms with Gasteiger partial charge in [0.1, 0.15) is 18.8 Å². The molecule has 1 aliphatic rings.